The molecule has 0 aliphatic carbocycles. The van der Waals surface area contributed by atoms with Gasteiger partial charge in [0.1, 0.15) is 24.4 Å². The highest BCUT2D eigenvalue weighted by Gasteiger charge is 2.38. The van der Waals surface area contributed by atoms with Crippen molar-refractivity contribution in [1.82, 2.24) is 9.80 Å². The molecule has 4 rings (SSSR count). The van der Waals surface area contributed by atoms with Crippen LogP contribution in [0, 0.1) is 0 Å². The molecule has 3 N–H and O–H groups in total. The van der Waals surface area contributed by atoms with Crippen LogP contribution < -0.4 is 5.73 Å². The number of benzene rings is 3. The summed E-state index contributed by atoms with van der Waals surface area (Å²) in [5.74, 6) is 1.15. The van der Waals surface area contributed by atoms with Gasteiger partial charge in [0.25, 0.3) is 0 Å². The predicted octanol–water partition coefficient (Wildman–Crippen LogP) is 6.21. The molecule has 0 spiro atoms. The minimum absolute atomic E-state index is 0.0752. The van der Waals surface area contributed by atoms with Crippen molar-refractivity contribution in [2.75, 3.05) is 24.6 Å². The molecule has 0 aromatic heterocycles. The van der Waals surface area contributed by atoms with Crippen LogP contribution >= 0.6 is 21.6 Å². The second kappa shape index (κ2) is 18.4. The molecule has 8 nitrogen and oxygen atoms in total. The number of primary amides is 1. The molecule has 1 aliphatic heterocycles. The summed E-state index contributed by atoms with van der Waals surface area (Å²) in [7, 11) is 3.69. The molecule has 2 unspecified atom stereocenters. The van der Waals surface area contributed by atoms with Crippen LogP contribution in [-0.4, -0.2) is 69.5 Å². The molecule has 3 amide bonds. The molecular weight excluding hydrogens is 607 g/mol. The van der Waals surface area contributed by atoms with Gasteiger partial charge >= 0.3 is 6.09 Å². The van der Waals surface area contributed by atoms with Crippen molar-refractivity contribution < 1.29 is 24.2 Å². The van der Waals surface area contributed by atoms with Gasteiger partial charge in [0.05, 0.1) is 0 Å². The maximum absolute atomic E-state index is 14.8. The van der Waals surface area contributed by atoms with Crippen LogP contribution in [0.5, 0.6) is 5.75 Å². The number of hydrogen-bond donors (Lipinski definition) is 2. The predicted molar refractivity (Wildman–Crippen MR) is 182 cm³/mol. The van der Waals surface area contributed by atoms with E-state index in [1.807, 2.05) is 82.3 Å². The molecule has 1 heterocycles. The van der Waals surface area contributed by atoms with Gasteiger partial charge in [-0.3, -0.25) is 14.5 Å². The second-order valence-corrected chi connectivity index (χ2v) is 13.9. The molecule has 1 aliphatic rings. The smallest absolute Gasteiger partial charge is 0.410 e. The minimum Gasteiger partial charge on any atom is -0.508 e. The summed E-state index contributed by atoms with van der Waals surface area (Å²) in [6, 6.07) is 23.8. The quantitative estimate of drug-likeness (QED) is 0.279. The molecule has 3 aromatic carbocycles. The fraction of sp³-hybridized carbons (Fsp3) is 0.400. The van der Waals surface area contributed by atoms with Crippen molar-refractivity contribution in [1.29, 1.82) is 0 Å². The summed E-state index contributed by atoms with van der Waals surface area (Å²) in [4.78, 5) is 44.8. The standard InChI is InChI=1S/C35H43N3O5S2/c36-33(40)31(24-27-12-4-1-5-13-27)37-20-9-11-23-45-44-22-10-3-8-21-38(35(42)43-26-29-14-6-2-7-15-29)32(34(37)41)25-28-16-18-30(39)19-17-28/h1-2,4-7,12-19,31-32,39H,3,8-11,20-26H2,(H2,36,40). The van der Waals surface area contributed by atoms with Crippen molar-refractivity contribution in [3.8, 4) is 5.75 Å². The molecular formula is C35H43N3O5S2. The van der Waals surface area contributed by atoms with E-state index in [4.69, 9.17) is 10.5 Å². The van der Waals surface area contributed by atoms with Gasteiger partial charge in [-0.2, -0.15) is 0 Å². The fourth-order valence-corrected chi connectivity index (χ4v) is 7.65. The Morgan fingerprint density at radius 2 is 1.40 bits per heavy atom. The molecule has 0 radical (unpaired) electrons. The Bertz CT molecular complexity index is 1340. The van der Waals surface area contributed by atoms with Crippen LogP contribution in [-0.2, 0) is 33.8 Å². The second-order valence-electron chi connectivity index (χ2n) is 11.2. The summed E-state index contributed by atoms with van der Waals surface area (Å²) in [6.45, 7) is 0.739. The van der Waals surface area contributed by atoms with Gasteiger partial charge in [-0.15, -0.1) is 0 Å². The highest BCUT2D eigenvalue weighted by atomic mass is 33.1. The fourth-order valence-electron chi connectivity index (χ4n) is 5.36. The monoisotopic (exact) mass is 649 g/mol. The van der Waals surface area contributed by atoms with E-state index in [9.17, 15) is 19.5 Å². The molecule has 0 saturated carbocycles. The van der Waals surface area contributed by atoms with E-state index in [0.717, 1.165) is 47.5 Å². The topological polar surface area (TPSA) is 113 Å². The Hall–Kier alpha value is -3.63. The number of carbonyl (C=O) groups is 3. The summed E-state index contributed by atoms with van der Waals surface area (Å²) >= 11 is 0. The Balaban J connectivity index is 1.71. The Morgan fingerprint density at radius 3 is 2.04 bits per heavy atom. The number of hydrogen-bond acceptors (Lipinski definition) is 7. The van der Waals surface area contributed by atoms with E-state index in [-0.39, 0.29) is 31.1 Å². The Labute approximate surface area is 274 Å². The largest absolute Gasteiger partial charge is 0.508 e. The molecule has 1 saturated heterocycles. The highest BCUT2D eigenvalue weighted by molar-refractivity contribution is 8.76. The van der Waals surface area contributed by atoms with Gasteiger partial charge in [-0.25, -0.2) is 4.79 Å². The average Bonchev–Trinajstić information content (AvgIpc) is 3.06. The lowest BCUT2D eigenvalue weighted by atomic mass is 9.99. The number of rotatable bonds is 8. The van der Waals surface area contributed by atoms with Gasteiger partial charge in [-0.05, 0) is 54.5 Å². The summed E-state index contributed by atoms with van der Waals surface area (Å²) in [6.07, 6.45) is 4.07. The number of ether oxygens (including phenoxy) is 1. The first-order valence-electron chi connectivity index (χ1n) is 15.6. The van der Waals surface area contributed by atoms with Crippen molar-refractivity contribution in [2.24, 2.45) is 5.73 Å². The Kier molecular flexibility index (Phi) is 14.0. The zero-order valence-electron chi connectivity index (χ0n) is 25.6. The molecule has 1 fully saturated rings. The molecule has 0 bridgehead atoms. The van der Waals surface area contributed by atoms with Crippen LogP contribution in [0.25, 0.3) is 0 Å². The third kappa shape index (κ3) is 11.0. The van der Waals surface area contributed by atoms with Gasteiger partial charge in [-0.1, -0.05) is 101 Å². The zero-order valence-corrected chi connectivity index (χ0v) is 27.2. The van der Waals surface area contributed by atoms with E-state index in [1.54, 1.807) is 29.2 Å². The highest BCUT2D eigenvalue weighted by Crippen LogP contribution is 2.26. The third-order valence-electron chi connectivity index (χ3n) is 7.81. The number of carbonyl (C=O) groups excluding carboxylic acids is 3. The summed E-state index contributed by atoms with van der Waals surface area (Å²) in [5, 5.41) is 9.92. The van der Waals surface area contributed by atoms with Crippen LogP contribution in [0.15, 0.2) is 84.9 Å². The first-order chi connectivity index (χ1) is 21.9. The zero-order chi connectivity index (χ0) is 31.9. The van der Waals surface area contributed by atoms with Gasteiger partial charge in [0.2, 0.25) is 11.8 Å². The minimum atomic E-state index is -0.940. The third-order valence-corrected chi connectivity index (χ3v) is 10.4. The molecule has 10 heteroatoms. The number of aromatic hydroxyl groups is 1. The van der Waals surface area contributed by atoms with Crippen molar-refractivity contribution in [2.45, 2.75) is 63.6 Å². The van der Waals surface area contributed by atoms with Gasteiger partial charge < -0.3 is 20.5 Å². The Morgan fingerprint density at radius 1 is 0.800 bits per heavy atom. The van der Waals surface area contributed by atoms with E-state index >= 15 is 0 Å². The molecule has 240 valence electrons. The van der Waals surface area contributed by atoms with E-state index in [0.29, 0.717) is 25.9 Å². The van der Waals surface area contributed by atoms with Crippen molar-refractivity contribution in [3.05, 3.63) is 102 Å². The van der Waals surface area contributed by atoms with E-state index in [2.05, 4.69) is 0 Å². The van der Waals surface area contributed by atoms with E-state index in [1.165, 1.54) is 4.90 Å². The van der Waals surface area contributed by atoms with Crippen molar-refractivity contribution in [3.63, 3.8) is 0 Å². The van der Waals surface area contributed by atoms with Crippen molar-refractivity contribution >= 4 is 39.5 Å². The number of phenolic OH excluding ortho intramolecular Hbond substituents is 1. The van der Waals surface area contributed by atoms with Gasteiger partial charge in [0.15, 0.2) is 0 Å². The first-order valence-corrected chi connectivity index (χ1v) is 18.0. The number of amides is 3. The molecule has 45 heavy (non-hydrogen) atoms. The maximum Gasteiger partial charge on any atom is 0.410 e. The molecule has 3 aromatic rings. The maximum atomic E-state index is 14.8. The number of nitrogens with zero attached hydrogens (tertiary/aromatic N) is 2. The van der Waals surface area contributed by atoms with Crippen LogP contribution in [0.2, 0.25) is 0 Å². The lowest BCUT2D eigenvalue weighted by Crippen LogP contribution is -2.58. The normalized spacial score (nSPS) is 18.0. The number of nitrogens with two attached hydrogens (primary N) is 1. The number of phenols is 1. The SMILES string of the molecule is NC(=O)C(Cc1ccccc1)N1CCCCSSCCCCCN(C(=O)OCc2ccccc2)C(Cc2ccc(O)cc2)C1=O. The van der Waals surface area contributed by atoms with E-state index < -0.39 is 24.1 Å². The first kappa shape index (κ1) is 34.2. The van der Waals surface area contributed by atoms with Crippen LogP contribution in [0.1, 0.15) is 48.8 Å². The summed E-state index contributed by atoms with van der Waals surface area (Å²) < 4.78 is 5.81. The van der Waals surface area contributed by atoms with Gasteiger partial charge in [0, 0.05) is 37.4 Å². The lowest BCUT2D eigenvalue weighted by molar-refractivity contribution is -0.143. The van der Waals surface area contributed by atoms with Crippen LogP contribution in [0.3, 0.4) is 0 Å². The van der Waals surface area contributed by atoms with Crippen LogP contribution in [0.4, 0.5) is 4.79 Å². The molecule has 2 atom stereocenters. The average molecular weight is 650 g/mol. The summed E-state index contributed by atoms with van der Waals surface area (Å²) in [5.41, 5.74) is 8.52. The lowest BCUT2D eigenvalue weighted by Gasteiger charge is -2.37.